The van der Waals surface area contributed by atoms with Gasteiger partial charge in [0.1, 0.15) is 23.4 Å². The Hall–Kier alpha value is -3.94. The van der Waals surface area contributed by atoms with Gasteiger partial charge in [0.25, 0.3) is 5.91 Å². The minimum absolute atomic E-state index is 0.0995. The molecule has 33 heavy (non-hydrogen) atoms. The molecule has 0 unspecified atom stereocenters. The van der Waals surface area contributed by atoms with Crippen molar-refractivity contribution in [1.29, 1.82) is 0 Å². The van der Waals surface area contributed by atoms with Gasteiger partial charge in [-0.2, -0.15) is 0 Å². The molecule has 172 valence electrons. The Bertz CT molecular complexity index is 1120. The highest BCUT2D eigenvalue weighted by Crippen LogP contribution is 2.15. The van der Waals surface area contributed by atoms with Crippen molar-refractivity contribution >= 4 is 17.7 Å². The van der Waals surface area contributed by atoms with Gasteiger partial charge in [0.05, 0.1) is 6.61 Å². The number of aromatic nitrogens is 1. The zero-order valence-corrected chi connectivity index (χ0v) is 18.5. The number of carbonyl (C=O) groups excluding carboxylic acids is 1. The fourth-order valence-corrected chi connectivity index (χ4v) is 3.31. The predicted molar refractivity (Wildman–Crippen MR) is 123 cm³/mol. The number of ether oxygens (including phenoxy) is 1. The normalized spacial score (nSPS) is 11.5. The first-order chi connectivity index (χ1) is 15.9. The average molecular weight is 451 g/mol. The second-order valence-electron chi connectivity index (χ2n) is 7.53. The molecule has 0 saturated heterocycles. The third kappa shape index (κ3) is 6.77. The molecule has 0 fully saturated rings. The Morgan fingerprint density at radius 3 is 2.55 bits per heavy atom. The van der Waals surface area contributed by atoms with Crippen molar-refractivity contribution in [2.45, 2.75) is 25.8 Å². The maximum absolute atomic E-state index is 13.3. The largest absolute Gasteiger partial charge is 0.493 e. The van der Waals surface area contributed by atoms with E-state index in [4.69, 9.17) is 4.74 Å². The molecule has 0 bridgehead atoms. The minimum Gasteiger partial charge on any atom is -0.493 e. The number of nitrogens with zero attached hydrogens (tertiary/aromatic N) is 1. The van der Waals surface area contributed by atoms with E-state index in [1.165, 1.54) is 18.2 Å². The Balaban J connectivity index is 1.56. The van der Waals surface area contributed by atoms with Crippen LogP contribution in [0.5, 0.6) is 5.75 Å². The van der Waals surface area contributed by atoms with E-state index < -0.39 is 23.7 Å². The molecule has 3 rings (SSSR count). The molecule has 3 N–H and O–H groups in total. The van der Waals surface area contributed by atoms with Crippen LogP contribution in [0.25, 0.3) is 0 Å². The van der Waals surface area contributed by atoms with Crippen LogP contribution in [-0.2, 0) is 17.6 Å². The topological polar surface area (TPSA) is 101 Å². The molecule has 0 spiro atoms. The number of rotatable bonds is 10. The summed E-state index contributed by atoms with van der Waals surface area (Å²) in [6.45, 7) is 2.05. The first-order valence-electron chi connectivity index (χ1n) is 10.5. The van der Waals surface area contributed by atoms with Crippen LogP contribution in [-0.4, -0.2) is 41.7 Å². The molecule has 1 heterocycles. The Morgan fingerprint density at radius 1 is 1.12 bits per heavy atom. The number of pyridine rings is 1. The molecular weight excluding hydrogens is 425 g/mol. The third-order valence-corrected chi connectivity index (χ3v) is 5.09. The lowest BCUT2D eigenvalue weighted by Crippen LogP contribution is -2.42. The number of carboxylic acid groups (broad SMARTS) is 1. The number of aliphatic carboxylic acids is 1. The molecule has 1 atom stereocenters. The predicted octanol–water partition coefficient (Wildman–Crippen LogP) is 3.62. The highest BCUT2D eigenvalue weighted by Gasteiger charge is 2.22. The van der Waals surface area contributed by atoms with Gasteiger partial charge in [-0.05, 0) is 60.5 Å². The van der Waals surface area contributed by atoms with Crippen LogP contribution >= 0.6 is 0 Å². The molecule has 0 saturated carbocycles. The van der Waals surface area contributed by atoms with Gasteiger partial charge in [0, 0.05) is 31.1 Å². The number of halogens is 1. The molecule has 3 aromatic rings. The van der Waals surface area contributed by atoms with Crippen molar-refractivity contribution in [3.63, 3.8) is 0 Å². The van der Waals surface area contributed by atoms with Crippen molar-refractivity contribution in [3.05, 3.63) is 88.9 Å². The smallest absolute Gasteiger partial charge is 0.326 e. The fourth-order valence-electron chi connectivity index (χ4n) is 3.31. The molecule has 7 nitrogen and oxygen atoms in total. The summed E-state index contributed by atoms with van der Waals surface area (Å²) in [4.78, 5) is 28.6. The van der Waals surface area contributed by atoms with Gasteiger partial charge in [-0.25, -0.2) is 14.2 Å². The van der Waals surface area contributed by atoms with Crippen LogP contribution in [0, 0.1) is 12.7 Å². The molecule has 0 aliphatic carbocycles. The second-order valence-corrected chi connectivity index (χ2v) is 7.53. The number of amides is 1. The van der Waals surface area contributed by atoms with E-state index in [9.17, 15) is 19.1 Å². The summed E-state index contributed by atoms with van der Waals surface area (Å²) in [6, 6.07) is 15.4. The van der Waals surface area contributed by atoms with E-state index in [2.05, 4.69) is 15.6 Å². The number of carbonyl (C=O) groups is 2. The molecule has 0 aliphatic rings. The van der Waals surface area contributed by atoms with Gasteiger partial charge in [-0.15, -0.1) is 0 Å². The Labute approximate surface area is 191 Å². The van der Waals surface area contributed by atoms with E-state index in [1.807, 2.05) is 25.2 Å². The maximum Gasteiger partial charge on any atom is 0.326 e. The maximum atomic E-state index is 13.3. The number of hydrogen-bond acceptors (Lipinski definition) is 5. The monoisotopic (exact) mass is 451 g/mol. The molecule has 0 radical (unpaired) electrons. The van der Waals surface area contributed by atoms with E-state index in [0.29, 0.717) is 24.3 Å². The van der Waals surface area contributed by atoms with Gasteiger partial charge >= 0.3 is 5.97 Å². The van der Waals surface area contributed by atoms with Gasteiger partial charge < -0.3 is 20.5 Å². The summed E-state index contributed by atoms with van der Waals surface area (Å²) >= 11 is 0. The lowest BCUT2D eigenvalue weighted by molar-refractivity contribution is -0.139. The minimum atomic E-state index is -1.15. The number of aryl methyl sites for hydroxylation is 1. The van der Waals surface area contributed by atoms with Gasteiger partial charge in [-0.3, -0.25) is 4.79 Å². The highest BCUT2D eigenvalue weighted by atomic mass is 19.1. The fraction of sp³-hybridized carbons (Fsp3) is 0.240. The van der Waals surface area contributed by atoms with Gasteiger partial charge in [-0.1, -0.05) is 18.2 Å². The molecule has 1 aromatic heterocycles. The SMILES string of the molecule is CNc1cccc(CCOc2ccc(C[C@H](NC(=O)c3ccc(F)cc3C)C(=O)O)cc2)n1. The molecule has 0 aliphatic heterocycles. The van der Waals surface area contributed by atoms with Gasteiger partial charge in [0.2, 0.25) is 0 Å². The summed E-state index contributed by atoms with van der Waals surface area (Å²) in [6.07, 6.45) is 0.746. The van der Waals surface area contributed by atoms with Crippen LogP contribution in [0.4, 0.5) is 10.2 Å². The molecule has 8 heteroatoms. The summed E-state index contributed by atoms with van der Waals surface area (Å²) in [5.41, 5.74) is 2.32. The van der Waals surface area contributed by atoms with Crippen LogP contribution in [0.3, 0.4) is 0 Å². The standard InChI is InChI=1S/C25H26FN3O4/c1-16-14-18(26)8-11-21(16)24(30)29-22(25(31)32)15-17-6-9-20(10-7-17)33-13-12-19-4-3-5-23(27-2)28-19/h3-11,14,22H,12-13,15H2,1-2H3,(H,27,28)(H,29,30)(H,31,32)/t22-/m0/s1. The van der Waals surface area contributed by atoms with Crippen LogP contribution in [0.2, 0.25) is 0 Å². The van der Waals surface area contributed by atoms with E-state index in [0.717, 1.165) is 17.1 Å². The number of anilines is 1. The van der Waals surface area contributed by atoms with Crippen molar-refractivity contribution in [3.8, 4) is 5.75 Å². The van der Waals surface area contributed by atoms with E-state index in [1.54, 1.807) is 31.2 Å². The quantitative estimate of drug-likeness (QED) is 0.435. The van der Waals surface area contributed by atoms with Crippen LogP contribution in [0.15, 0.2) is 60.7 Å². The number of benzene rings is 2. The van der Waals surface area contributed by atoms with Crippen molar-refractivity contribution < 1.29 is 23.8 Å². The van der Waals surface area contributed by atoms with Crippen LogP contribution < -0.4 is 15.4 Å². The Morgan fingerprint density at radius 2 is 1.88 bits per heavy atom. The Kier molecular flexibility index (Phi) is 7.96. The first-order valence-corrected chi connectivity index (χ1v) is 10.5. The lowest BCUT2D eigenvalue weighted by Gasteiger charge is -2.16. The average Bonchev–Trinajstić information content (AvgIpc) is 2.79. The third-order valence-electron chi connectivity index (χ3n) is 5.09. The summed E-state index contributed by atoms with van der Waals surface area (Å²) in [5.74, 6) is -0.715. The summed E-state index contributed by atoms with van der Waals surface area (Å²) in [5, 5.41) is 15.1. The zero-order valence-electron chi connectivity index (χ0n) is 18.5. The van der Waals surface area contributed by atoms with E-state index >= 15 is 0 Å². The van der Waals surface area contributed by atoms with Crippen molar-refractivity contribution in [2.24, 2.45) is 0 Å². The van der Waals surface area contributed by atoms with Crippen LogP contribution in [0.1, 0.15) is 27.2 Å². The van der Waals surface area contributed by atoms with Crippen molar-refractivity contribution in [2.75, 3.05) is 19.0 Å². The zero-order chi connectivity index (χ0) is 23.8. The lowest BCUT2D eigenvalue weighted by atomic mass is 10.0. The first kappa shape index (κ1) is 23.7. The van der Waals surface area contributed by atoms with Gasteiger partial charge in [0.15, 0.2) is 0 Å². The molecule has 2 aromatic carbocycles. The highest BCUT2D eigenvalue weighted by molar-refractivity contribution is 5.97. The molecular formula is C25H26FN3O4. The number of carboxylic acids is 1. The number of hydrogen-bond donors (Lipinski definition) is 3. The van der Waals surface area contributed by atoms with E-state index in [-0.39, 0.29) is 12.0 Å². The second kappa shape index (κ2) is 11.1. The number of nitrogens with one attached hydrogen (secondary N) is 2. The molecule has 1 amide bonds. The summed E-state index contributed by atoms with van der Waals surface area (Å²) < 4.78 is 19.0. The summed E-state index contributed by atoms with van der Waals surface area (Å²) in [7, 11) is 1.81. The van der Waals surface area contributed by atoms with Crippen molar-refractivity contribution in [1.82, 2.24) is 10.3 Å².